The van der Waals surface area contributed by atoms with E-state index in [0.717, 1.165) is 29.6 Å². The van der Waals surface area contributed by atoms with Crippen LogP contribution in [0.4, 0.5) is 0 Å². The molecule has 0 atom stereocenters. The summed E-state index contributed by atoms with van der Waals surface area (Å²) in [5.74, 6) is 1.52. The Morgan fingerprint density at radius 2 is 0.750 bits per heavy atom. The van der Waals surface area contributed by atoms with E-state index in [0.29, 0.717) is 47.2 Å². The summed E-state index contributed by atoms with van der Waals surface area (Å²) in [5, 5.41) is 2.67. The van der Waals surface area contributed by atoms with Gasteiger partial charge in [-0.25, -0.2) is 0 Å². The quantitative estimate of drug-likeness (QED) is 0.155. The van der Waals surface area contributed by atoms with Crippen LogP contribution >= 0.6 is 95.6 Å². The van der Waals surface area contributed by atoms with Crippen molar-refractivity contribution < 1.29 is 11.4 Å². The number of fused-ring (bicyclic) bond motifs is 3. The SMILES string of the molecule is Brc1cc(Br)c2cccnc2c1[O][Al]([O]c1c(Br)cc(Br)c2cccnc12)[O]c1c(Br)cc(Br)c2cccnc12. The molecule has 0 spiro atoms. The number of nitrogens with zero attached hydrogens (tertiary/aromatic N) is 3. The molecule has 0 bridgehead atoms. The molecule has 0 unspecified atom stereocenters. The Morgan fingerprint density at radius 3 is 1.05 bits per heavy atom. The molecule has 40 heavy (non-hydrogen) atoms. The van der Waals surface area contributed by atoms with Gasteiger partial charge in [-0.2, -0.15) is 0 Å². The first-order valence-electron chi connectivity index (χ1n) is 11.5. The van der Waals surface area contributed by atoms with Gasteiger partial charge in [-0.15, -0.1) is 0 Å². The van der Waals surface area contributed by atoms with Crippen molar-refractivity contribution in [2.75, 3.05) is 0 Å². The molecule has 0 saturated carbocycles. The Morgan fingerprint density at radius 1 is 0.450 bits per heavy atom. The topological polar surface area (TPSA) is 66.4 Å². The van der Waals surface area contributed by atoms with Crippen LogP contribution in [0, 0.1) is 0 Å². The number of benzene rings is 3. The number of hydrogen-bond donors (Lipinski definition) is 0. The maximum atomic E-state index is 6.63. The number of aromatic nitrogens is 3. The molecule has 0 aliphatic heterocycles. The van der Waals surface area contributed by atoms with Crippen LogP contribution in [0.1, 0.15) is 0 Å². The van der Waals surface area contributed by atoms with Crippen molar-refractivity contribution >= 4 is 143 Å². The molecule has 0 fully saturated rings. The molecule has 6 nitrogen and oxygen atoms in total. The molecule has 3 heterocycles. The zero-order valence-electron chi connectivity index (χ0n) is 19.8. The summed E-state index contributed by atoms with van der Waals surface area (Å²) in [7, 11) is 0. The Labute approximate surface area is 284 Å². The maximum absolute atomic E-state index is 6.63. The minimum Gasteiger partial charge on any atom is -0.575 e. The smallest absolute Gasteiger partial charge is 0.575 e. The first kappa shape index (κ1) is 28.8. The molecular weight excluding hydrogens is 921 g/mol. The van der Waals surface area contributed by atoms with Gasteiger partial charge in [0.05, 0.1) is 13.4 Å². The zero-order chi connectivity index (χ0) is 28.0. The van der Waals surface area contributed by atoms with Gasteiger partial charge in [0.15, 0.2) is 0 Å². The minimum atomic E-state index is -3.12. The molecule has 6 rings (SSSR count). The van der Waals surface area contributed by atoms with E-state index >= 15 is 0 Å². The lowest BCUT2D eigenvalue weighted by atomic mass is 10.2. The van der Waals surface area contributed by atoms with Crippen LogP contribution in [0.2, 0.25) is 0 Å². The highest BCUT2D eigenvalue weighted by Crippen LogP contribution is 2.42. The summed E-state index contributed by atoms with van der Waals surface area (Å²) >= 11 is 18.7. The van der Waals surface area contributed by atoms with Crippen molar-refractivity contribution in [3.63, 3.8) is 0 Å². The van der Waals surface area contributed by atoms with Gasteiger partial charge in [0.25, 0.3) is 0 Å². The molecule has 6 aromatic rings. The van der Waals surface area contributed by atoms with Crippen LogP contribution in [0.3, 0.4) is 0 Å². The van der Waals surface area contributed by atoms with Crippen LogP contribution in [-0.4, -0.2) is 30.1 Å². The number of pyridine rings is 3. The van der Waals surface area contributed by atoms with E-state index in [1.165, 1.54) is 0 Å². The first-order chi connectivity index (χ1) is 19.3. The summed E-state index contributed by atoms with van der Waals surface area (Å²) < 4.78 is 24.6. The van der Waals surface area contributed by atoms with Crippen molar-refractivity contribution in [2.45, 2.75) is 0 Å². The summed E-state index contributed by atoms with van der Waals surface area (Å²) in [6, 6.07) is 17.3. The highest BCUT2D eigenvalue weighted by Gasteiger charge is 2.47. The molecule has 3 aromatic carbocycles. The molecule has 0 N–H and O–H groups in total. The van der Waals surface area contributed by atoms with Gasteiger partial charge >= 0.3 is 15.1 Å². The number of rotatable bonds is 6. The van der Waals surface area contributed by atoms with Crippen molar-refractivity contribution in [1.29, 1.82) is 0 Å². The fourth-order valence-electron chi connectivity index (χ4n) is 4.14. The molecule has 0 radical (unpaired) electrons. The van der Waals surface area contributed by atoms with E-state index in [2.05, 4.69) is 111 Å². The average molecular weight is 933 g/mol. The van der Waals surface area contributed by atoms with Crippen LogP contribution < -0.4 is 11.4 Å². The lowest BCUT2D eigenvalue weighted by molar-refractivity contribution is 0.308. The largest absolute Gasteiger partial charge is 1.20 e. The molecule has 0 aliphatic carbocycles. The summed E-state index contributed by atoms with van der Waals surface area (Å²) in [6.07, 6.45) is 5.16. The maximum Gasteiger partial charge on any atom is 1.20 e. The van der Waals surface area contributed by atoms with E-state index in [4.69, 9.17) is 11.4 Å². The van der Waals surface area contributed by atoms with Crippen LogP contribution in [0.15, 0.2) is 100 Å². The van der Waals surface area contributed by atoms with E-state index in [-0.39, 0.29) is 0 Å². The molecule has 0 amide bonds. The Bertz CT molecular complexity index is 1720. The third kappa shape index (κ3) is 5.56. The van der Waals surface area contributed by atoms with E-state index in [1.807, 2.05) is 54.6 Å². The fraction of sp³-hybridized carbons (Fsp3) is 0. The molecule has 198 valence electrons. The molecule has 3 aromatic heterocycles. The lowest BCUT2D eigenvalue weighted by Gasteiger charge is -2.21. The Kier molecular flexibility index (Phi) is 8.74. The van der Waals surface area contributed by atoms with Crippen LogP contribution in [0.5, 0.6) is 17.2 Å². The van der Waals surface area contributed by atoms with Crippen molar-refractivity contribution in [3.8, 4) is 17.2 Å². The summed E-state index contributed by atoms with van der Waals surface area (Å²) in [4.78, 5) is 13.8. The lowest BCUT2D eigenvalue weighted by Crippen LogP contribution is -2.37. The van der Waals surface area contributed by atoms with Gasteiger partial charge in [0.2, 0.25) is 0 Å². The van der Waals surface area contributed by atoms with Gasteiger partial charge in [-0.3, -0.25) is 15.0 Å². The third-order valence-electron chi connectivity index (χ3n) is 5.89. The standard InChI is InChI=1S/3C9H5Br2NO.Al/c3*10-6-4-7(11)9(13)8-5(6)2-1-3-12-8;/h3*1-4,13H;/q;;;+3/p-3. The second-order valence-electron chi connectivity index (χ2n) is 8.35. The molecule has 13 heteroatoms. The van der Waals surface area contributed by atoms with Crippen molar-refractivity contribution in [3.05, 3.63) is 100 Å². The van der Waals surface area contributed by atoms with E-state index in [9.17, 15) is 0 Å². The summed E-state index contributed by atoms with van der Waals surface area (Å²) in [5.41, 5.74) is 1.97. The Hall–Kier alpha value is -1.30. The minimum absolute atomic E-state index is 0.506. The fourth-order valence-corrected chi connectivity index (χ4v) is 10.2. The monoisotopic (exact) mass is 927 g/mol. The normalized spacial score (nSPS) is 11.2. The van der Waals surface area contributed by atoms with E-state index in [1.54, 1.807) is 18.6 Å². The van der Waals surface area contributed by atoms with Gasteiger partial charge in [0.1, 0.15) is 33.8 Å². The first-order valence-corrected chi connectivity index (χ1v) is 17.7. The zero-order valence-corrected chi connectivity index (χ0v) is 30.5. The predicted molar refractivity (Wildman–Crippen MR) is 179 cm³/mol. The second-order valence-corrected chi connectivity index (χ2v) is 14.8. The third-order valence-corrected chi connectivity index (χ3v) is 10.9. The van der Waals surface area contributed by atoms with E-state index < -0.39 is 15.1 Å². The van der Waals surface area contributed by atoms with Crippen LogP contribution in [-0.2, 0) is 0 Å². The summed E-state index contributed by atoms with van der Waals surface area (Å²) in [6.45, 7) is 0. The molecular formula is C27H12AlBr6N3O3. The van der Waals surface area contributed by atoms with Gasteiger partial charge in [-0.1, -0.05) is 66.0 Å². The molecule has 0 aliphatic rings. The number of halogens is 6. The van der Waals surface area contributed by atoms with Crippen molar-refractivity contribution in [1.82, 2.24) is 15.0 Å². The van der Waals surface area contributed by atoms with Gasteiger partial charge in [0, 0.05) is 48.2 Å². The van der Waals surface area contributed by atoms with Crippen LogP contribution in [0.25, 0.3) is 32.7 Å². The second kappa shape index (κ2) is 12.1. The molecule has 0 saturated heterocycles. The average Bonchev–Trinajstić information content (AvgIpc) is 2.95. The highest BCUT2D eigenvalue weighted by atomic mass is 79.9. The Balaban J connectivity index is 1.52. The van der Waals surface area contributed by atoms with Gasteiger partial charge < -0.3 is 11.4 Å². The number of hydrogen-bond acceptors (Lipinski definition) is 6. The predicted octanol–water partition coefficient (Wildman–Crippen LogP) is 10.4. The van der Waals surface area contributed by atoms with Gasteiger partial charge in [-0.05, 0) is 84.2 Å². The van der Waals surface area contributed by atoms with Crippen molar-refractivity contribution in [2.24, 2.45) is 0 Å². The highest BCUT2D eigenvalue weighted by molar-refractivity contribution is 9.11.